The van der Waals surface area contributed by atoms with Gasteiger partial charge in [-0.3, -0.25) is 9.69 Å². The summed E-state index contributed by atoms with van der Waals surface area (Å²) in [5, 5.41) is 9.04. The number of hydrogen-bond acceptors (Lipinski definition) is 3. The van der Waals surface area contributed by atoms with Gasteiger partial charge in [-0.05, 0) is 26.9 Å². The molecule has 0 bridgehead atoms. The molecule has 0 spiro atoms. The number of nitrogens with zero attached hydrogens (tertiary/aromatic N) is 1. The third-order valence-corrected chi connectivity index (χ3v) is 2.29. The first-order valence-electron chi connectivity index (χ1n) is 4.42. The minimum absolute atomic E-state index is 0.207. The molecule has 0 rings (SSSR count). The highest BCUT2D eigenvalue weighted by Crippen LogP contribution is 2.14. The smallest absolute Gasteiger partial charge is 0.326 e. The second-order valence-electron chi connectivity index (χ2n) is 3.43. The van der Waals surface area contributed by atoms with E-state index in [1.807, 2.05) is 6.92 Å². The second-order valence-corrected chi connectivity index (χ2v) is 3.43. The zero-order valence-corrected chi connectivity index (χ0v) is 8.83. The van der Waals surface area contributed by atoms with Gasteiger partial charge in [0.2, 0.25) is 0 Å². The molecule has 0 aliphatic rings. The molecule has 13 heavy (non-hydrogen) atoms. The van der Waals surface area contributed by atoms with E-state index >= 15 is 0 Å². The molecule has 0 aliphatic carbocycles. The van der Waals surface area contributed by atoms with Crippen molar-refractivity contribution in [2.24, 2.45) is 0 Å². The zero-order chi connectivity index (χ0) is 10.5. The minimum atomic E-state index is -0.912. The number of carbonyl (C=O) groups is 1. The maximum atomic E-state index is 11.0. The number of carboxylic acids is 1. The lowest BCUT2D eigenvalue weighted by Gasteiger charge is -2.34. The highest BCUT2D eigenvalue weighted by Gasteiger charge is 2.37. The van der Waals surface area contributed by atoms with Crippen LogP contribution in [0.15, 0.2) is 0 Å². The average Bonchev–Trinajstić information content (AvgIpc) is 2.04. The van der Waals surface area contributed by atoms with Crippen LogP contribution in [-0.4, -0.2) is 48.8 Å². The molecule has 1 atom stereocenters. The van der Waals surface area contributed by atoms with Crippen LogP contribution in [0.4, 0.5) is 0 Å². The van der Waals surface area contributed by atoms with E-state index in [1.54, 1.807) is 18.9 Å². The molecule has 0 fully saturated rings. The Kier molecular flexibility index (Phi) is 4.95. The fourth-order valence-corrected chi connectivity index (χ4v) is 1.20. The van der Waals surface area contributed by atoms with E-state index in [0.717, 1.165) is 13.0 Å². The van der Waals surface area contributed by atoms with Crippen LogP contribution >= 0.6 is 0 Å². The van der Waals surface area contributed by atoms with Crippen molar-refractivity contribution in [3.05, 3.63) is 0 Å². The number of carboxylic acid groups (broad SMARTS) is 1. The van der Waals surface area contributed by atoms with E-state index in [9.17, 15) is 4.79 Å². The monoisotopic (exact) mass is 189 g/mol. The van der Waals surface area contributed by atoms with E-state index in [4.69, 9.17) is 9.84 Å². The van der Waals surface area contributed by atoms with Crippen molar-refractivity contribution >= 4 is 5.97 Å². The Labute approximate surface area is 79.5 Å². The average molecular weight is 189 g/mol. The van der Waals surface area contributed by atoms with Gasteiger partial charge in [0.25, 0.3) is 0 Å². The number of rotatable bonds is 6. The van der Waals surface area contributed by atoms with Crippen LogP contribution in [0.1, 0.15) is 20.3 Å². The standard InChI is InChI=1S/C9H19NO3/c1-5-6-10(3)9(2,7-13-4)8(11)12/h5-7H2,1-4H3,(H,11,12). The molecule has 1 N–H and O–H groups in total. The van der Waals surface area contributed by atoms with Gasteiger partial charge in [0, 0.05) is 7.11 Å². The topological polar surface area (TPSA) is 49.8 Å². The summed E-state index contributed by atoms with van der Waals surface area (Å²) < 4.78 is 4.91. The summed E-state index contributed by atoms with van der Waals surface area (Å²) >= 11 is 0. The Hall–Kier alpha value is -0.610. The summed E-state index contributed by atoms with van der Waals surface area (Å²) in [6.07, 6.45) is 0.934. The molecule has 4 nitrogen and oxygen atoms in total. The molecule has 0 aromatic heterocycles. The molecule has 0 radical (unpaired) electrons. The highest BCUT2D eigenvalue weighted by atomic mass is 16.5. The largest absolute Gasteiger partial charge is 0.480 e. The van der Waals surface area contributed by atoms with Crippen LogP contribution in [0, 0.1) is 0 Å². The third kappa shape index (κ3) is 2.97. The molecule has 0 aromatic carbocycles. The number of likely N-dealkylation sites (N-methyl/N-ethyl adjacent to an activating group) is 1. The van der Waals surface area contributed by atoms with Crippen molar-refractivity contribution in [3.63, 3.8) is 0 Å². The number of methoxy groups -OCH3 is 1. The summed E-state index contributed by atoms with van der Waals surface area (Å²) in [6, 6.07) is 0. The number of aliphatic carboxylic acids is 1. The first kappa shape index (κ1) is 12.4. The van der Waals surface area contributed by atoms with Crippen LogP contribution in [0.5, 0.6) is 0 Å². The maximum Gasteiger partial charge on any atom is 0.326 e. The Morgan fingerprint density at radius 1 is 1.62 bits per heavy atom. The highest BCUT2D eigenvalue weighted by molar-refractivity contribution is 5.78. The lowest BCUT2D eigenvalue weighted by atomic mass is 10.0. The Morgan fingerprint density at radius 2 is 2.15 bits per heavy atom. The van der Waals surface area contributed by atoms with Gasteiger partial charge in [-0.25, -0.2) is 0 Å². The summed E-state index contributed by atoms with van der Waals surface area (Å²) in [6.45, 7) is 4.66. The fourth-order valence-electron chi connectivity index (χ4n) is 1.20. The van der Waals surface area contributed by atoms with Crippen molar-refractivity contribution < 1.29 is 14.6 Å². The second kappa shape index (κ2) is 5.19. The predicted octanol–water partition coefficient (Wildman–Crippen LogP) is 0.818. The number of hydrogen-bond donors (Lipinski definition) is 1. The summed E-state index contributed by atoms with van der Waals surface area (Å²) in [5.74, 6) is -0.842. The Bertz CT molecular complexity index is 172. The molecule has 4 heteroatoms. The van der Waals surface area contributed by atoms with Crippen molar-refractivity contribution in [2.45, 2.75) is 25.8 Å². The minimum Gasteiger partial charge on any atom is -0.480 e. The van der Waals surface area contributed by atoms with Crippen LogP contribution in [0.2, 0.25) is 0 Å². The lowest BCUT2D eigenvalue weighted by molar-refractivity contribution is -0.153. The summed E-state index contributed by atoms with van der Waals surface area (Å²) in [5.41, 5.74) is -0.912. The Balaban J connectivity index is 4.47. The zero-order valence-electron chi connectivity index (χ0n) is 8.83. The summed E-state index contributed by atoms with van der Waals surface area (Å²) in [7, 11) is 3.32. The van der Waals surface area contributed by atoms with E-state index in [1.165, 1.54) is 7.11 Å². The first-order valence-corrected chi connectivity index (χ1v) is 4.42. The SMILES string of the molecule is CCCN(C)C(C)(COC)C(=O)O. The Morgan fingerprint density at radius 3 is 2.46 bits per heavy atom. The van der Waals surface area contributed by atoms with Gasteiger partial charge in [0.05, 0.1) is 6.61 Å². The van der Waals surface area contributed by atoms with E-state index in [2.05, 4.69) is 0 Å². The van der Waals surface area contributed by atoms with Crippen molar-refractivity contribution in [1.29, 1.82) is 0 Å². The van der Waals surface area contributed by atoms with Crippen molar-refractivity contribution in [1.82, 2.24) is 4.90 Å². The molecule has 0 aliphatic heterocycles. The van der Waals surface area contributed by atoms with Gasteiger partial charge in [0.15, 0.2) is 0 Å². The van der Waals surface area contributed by atoms with E-state index in [0.29, 0.717) is 0 Å². The van der Waals surface area contributed by atoms with Crippen LogP contribution in [0.3, 0.4) is 0 Å². The van der Waals surface area contributed by atoms with Crippen molar-refractivity contribution in [2.75, 3.05) is 27.3 Å². The normalized spacial score (nSPS) is 15.8. The molecule has 0 aromatic rings. The molecule has 0 heterocycles. The summed E-state index contributed by atoms with van der Waals surface area (Å²) in [4.78, 5) is 12.8. The number of ether oxygens (including phenoxy) is 1. The quantitative estimate of drug-likeness (QED) is 0.672. The van der Waals surface area contributed by atoms with Crippen molar-refractivity contribution in [3.8, 4) is 0 Å². The van der Waals surface area contributed by atoms with Crippen LogP contribution in [-0.2, 0) is 9.53 Å². The first-order chi connectivity index (χ1) is 5.99. The molecular weight excluding hydrogens is 170 g/mol. The van der Waals surface area contributed by atoms with Gasteiger partial charge < -0.3 is 9.84 Å². The van der Waals surface area contributed by atoms with Gasteiger partial charge in [-0.2, -0.15) is 0 Å². The van der Waals surface area contributed by atoms with Crippen LogP contribution < -0.4 is 0 Å². The maximum absolute atomic E-state index is 11.0. The lowest BCUT2D eigenvalue weighted by Crippen LogP contribution is -2.54. The predicted molar refractivity (Wildman–Crippen MR) is 50.8 cm³/mol. The van der Waals surface area contributed by atoms with Gasteiger partial charge in [-0.1, -0.05) is 6.92 Å². The van der Waals surface area contributed by atoms with Gasteiger partial charge >= 0.3 is 5.97 Å². The third-order valence-electron chi connectivity index (χ3n) is 2.29. The van der Waals surface area contributed by atoms with E-state index in [-0.39, 0.29) is 6.61 Å². The molecule has 0 saturated carbocycles. The molecule has 0 amide bonds. The molecular formula is C9H19NO3. The van der Waals surface area contributed by atoms with Gasteiger partial charge in [0.1, 0.15) is 5.54 Å². The molecule has 1 unspecified atom stereocenters. The van der Waals surface area contributed by atoms with Crippen LogP contribution in [0.25, 0.3) is 0 Å². The molecule has 78 valence electrons. The van der Waals surface area contributed by atoms with E-state index < -0.39 is 11.5 Å². The van der Waals surface area contributed by atoms with Gasteiger partial charge in [-0.15, -0.1) is 0 Å². The molecule has 0 saturated heterocycles. The fraction of sp³-hybridized carbons (Fsp3) is 0.889.